The van der Waals surface area contributed by atoms with Gasteiger partial charge in [-0.05, 0) is 25.0 Å². The van der Waals surface area contributed by atoms with Crippen LogP contribution in [-0.2, 0) is 4.79 Å². The molecule has 6 nitrogen and oxygen atoms in total. The van der Waals surface area contributed by atoms with Gasteiger partial charge in [0.25, 0.3) is 5.91 Å². The number of aldehydes is 1. The fourth-order valence-corrected chi connectivity index (χ4v) is 2.36. The van der Waals surface area contributed by atoms with E-state index in [0.29, 0.717) is 35.6 Å². The second-order valence-electron chi connectivity index (χ2n) is 5.28. The Bertz CT molecular complexity index is 634. The van der Waals surface area contributed by atoms with Crippen molar-refractivity contribution in [2.45, 2.75) is 26.9 Å². The number of fused-ring (bicyclic) bond motifs is 1. The second-order valence-corrected chi connectivity index (χ2v) is 5.28. The minimum atomic E-state index is -0.679. The molecule has 2 rings (SSSR count). The van der Waals surface area contributed by atoms with Crippen molar-refractivity contribution in [1.29, 1.82) is 5.26 Å². The lowest BCUT2D eigenvalue weighted by Gasteiger charge is -2.35. The molecular formula is C16H18N2O4. The number of ether oxygens (including phenoxy) is 2. The molecule has 1 heterocycles. The van der Waals surface area contributed by atoms with Gasteiger partial charge in [0.2, 0.25) is 0 Å². The van der Waals surface area contributed by atoms with Crippen LogP contribution in [0.15, 0.2) is 12.1 Å². The zero-order valence-corrected chi connectivity index (χ0v) is 12.8. The topological polar surface area (TPSA) is 79.6 Å². The average Bonchev–Trinajstić information content (AvgIpc) is 2.49. The molecule has 0 N–H and O–H groups in total. The fraction of sp³-hybridized carbons (Fsp3) is 0.438. The molecule has 1 unspecified atom stereocenters. The smallest absolute Gasteiger partial charge is 0.269 e. The summed E-state index contributed by atoms with van der Waals surface area (Å²) in [4.78, 5) is 25.0. The minimum Gasteiger partial charge on any atom is -0.490 e. The summed E-state index contributed by atoms with van der Waals surface area (Å²) in [6.45, 7) is 5.86. The molecule has 1 atom stereocenters. The van der Waals surface area contributed by atoms with E-state index in [-0.39, 0.29) is 18.4 Å². The molecule has 116 valence electrons. The molecular weight excluding hydrogens is 284 g/mol. The summed E-state index contributed by atoms with van der Waals surface area (Å²) < 4.78 is 11.4. The van der Waals surface area contributed by atoms with Crippen molar-refractivity contribution in [3.8, 4) is 17.6 Å². The molecule has 1 aromatic carbocycles. The summed E-state index contributed by atoms with van der Waals surface area (Å²) in [5.74, 6) is 0.473. The number of amides is 1. The second kappa shape index (κ2) is 6.48. The molecule has 1 aliphatic heterocycles. The number of anilines is 1. The van der Waals surface area contributed by atoms with Gasteiger partial charge >= 0.3 is 0 Å². The zero-order chi connectivity index (χ0) is 16.3. The van der Waals surface area contributed by atoms with E-state index in [1.54, 1.807) is 6.07 Å². The molecule has 0 spiro atoms. The van der Waals surface area contributed by atoms with Crippen molar-refractivity contribution in [3.05, 3.63) is 17.7 Å². The van der Waals surface area contributed by atoms with Crippen molar-refractivity contribution in [2.24, 2.45) is 5.92 Å². The Balaban J connectivity index is 2.62. The highest BCUT2D eigenvalue weighted by Crippen LogP contribution is 2.43. The first-order valence-electron chi connectivity index (χ1n) is 7.14. The highest BCUT2D eigenvalue weighted by atomic mass is 16.5. The zero-order valence-electron chi connectivity index (χ0n) is 12.8. The average molecular weight is 302 g/mol. The summed E-state index contributed by atoms with van der Waals surface area (Å²) in [7, 11) is 0. The van der Waals surface area contributed by atoms with Crippen molar-refractivity contribution in [2.75, 3.05) is 18.1 Å². The molecule has 0 saturated heterocycles. The Morgan fingerprint density at radius 3 is 2.77 bits per heavy atom. The van der Waals surface area contributed by atoms with E-state index in [0.717, 1.165) is 0 Å². The van der Waals surface area contributed by atoms with Gasteiger partial charge in [-0.1, -0.05) is 13.8 Å². The van der Waals surface area contributed by atoms with Gasteiger partial charge in [-0.3, -0.25) is 14.5 Å². The number of carbonyl (C=O) groups excluding carboxylic acids is 2. The van der Waals surface area contributed by atoms with Crippen molar-refractivity contribution in [3.63, 3.8) is 0 Å². The van der Waals surface area contributed by atoms with Crippen molar-refractivity contribution >= 4 is 17.9 Å². The molecule has 0 aliphatic carbocycles. The van der Waals surface area contributed by atoms with Crippen LogP contribution in [0.3, 0.4) is 0 Å². The predicted octanol–water partition coefficient (Wildman–Crippen LogP) is 2.17. The lowest BCUT2D eigenvalue weighted by atomic mass is 10.0. The van der Waals surface area contributed by atoms with Crippen molar-refractivity contribution in [1.82, 2.24) is 0 Å². The molecule has 6 heteroatoms. The standard InChI is InChI=1S/C16H18N2O4/c1-4-21-13-8-11(9-19)7-12-15(13)22-14(10(2)3)16(20)18(12)6-5-17/h7-10,14H,4,6H2,1-3H3. The van der Waals surface area contributed by atoms with Crippen molar-refractivity contribution < 1.29 is 19.1 Å². The van der Waals surface area contributed by atoms with Crippen LogP contribution >= 0.6 is 0 Å². The maximum Gasteiger partial charge on any atom is 0.269 e. The SMILES string of the molecule is CCOc1cc(C=O)cc2c1OC(C(C)C)C(=O)N2CC#N. The Hall–Kier alpha value is -2.55. The first kappa shape index (κ1) is 15.8. The number of rotatable bonds is 5. The number of nitrogens with zero attached hydrogens (tertiary/aromatic N) is 2. The van der Waals surface area contributed by atoms with Crippen LogP contribution in [0.25, 0.3) is 0 Å². The summed E-state index contributed by atoms with van der Waals surface area (Å²) >= 11 is 0. The quantitative estimate of drug-likeness (QED) is 0.615. The first-order valence-corrected chi connectivity index (χ1v) is 7.14. The lowest BCUT2D eigenvalue weighted by Crippen LogP contribution is -2.48. The van der Waals surface area contributed by atoms with E-state index in [1.807, 2.05) is 26.8 Å². The van der Waals surface area contributed by atoms with E-state index < -0.39 is 6.10 Å². The number of hydrogen-bond acceptors (Lipinski definition) is 5. The van der Waals surface area contributed by atoms with E-state index >= 15 is 0 Å². The Labute approximate surface area is 129 Å². The van der Waals surface area contributed by atoms with E-state index in [4.69, 9.17) is 14.7 Å². The summed E-state index contributed by atoms with van der Waals surface area (Å²) in [6.07, 6.45) is -0.00560. The van der Waals surface area contributed by atoms with Gasteiger partial charge in [-0.15, -0.1) is 0 Å². The largest absolute Gasteiger partial charge is 0.490 e. The van der Waals surface area contributed by atoms with E-state index in [2.05, 4.69) is 0 Å². The highest BCUT2D eigenvalue weighted by Gasteiger charge is 2.38. The molecule has 0 aromatic heterocycles. The Morgan fingerprint density at radius 2 is 2.23 bits per heavy atom. The van der Waals surface area contributed by atoms with E-state index in [9.17, 15) is 9.59 Å². The van der Waals surface area contributed by atoms with Crippen LogP contribution in [0.4, 0.5) is 5.69 Å². The number of benzene rings is 1. The summed E-state index contributed by atoms with van der Waals surface area (Å²) in [5.41, 5.74) is 0.765. The summed E-state index contributed by atoms with van der Waals surface area (Å²) in [5, 5.41) is 9.00. The molecule has 0 radical (unpaired) electrons. The minimum absolute atomic E-state index is 0.0536. The fourth-order valence-electron chi connectivity index (χ4n) is 2.36. The monoisotopic (exact) mass is 302 g/mol. The maximum atomic E-state index is 12.5. The third kappa shape index (κ3) is 2.75. The van der Waals surface area contributed by atoms with Crippen LogP contribution in [0.5, 0.6) is 11.5 Å². The third-order valence-electron chi connectivity index (χ3n) is 3.37. The van der Waals surface area contributed by atoms with Crippen LogP contribution in [0, 0.1) is 17.2 Å². The van der Waals surface area contributed by atoms with E-state index in [1.165, 1.54) is 11.0 Å². The normalized spacial score (nSPS) is 16.8. The van der Waals surface area contributed by atoms with Crippen LogP contribution < -0.4 is 14.4 Å². The van der Waals surface area contributed by atoms with Gasteiger partial charge in [-0.25, -0.2) is 0 Å². The van der Waals surface area contributed by atoms with Gasteiger partial charge < -0.3 is 9.47 Å². The number of nitriles is 1. The van der Waals surface area contributed by atoms with Crippen LogP contribution in [-0.4, -0.2) is 31.4 Å². The maximum absolute atomic E-state index is 12.5. The van der Waals surface area contributed by atoms with Gasteiger partial charge in [0.15, 0.2) is 17.6 Å². The van der Waals surface area contributed by atoms with Gasteiger partial charge in [0.05, 0.1) is 18.4 Å². The molecule has 22 heavy (non-hydrogen) atoms. The molecule has 0 fully saturated rings. The molecule has 1 amide bonds. The van der Waals surface area contributed by atoms with Crippen LogP contribution in [0.2, 0.25) is 0 Å². The van der Waals surface area contributed by atoms with Gasteiger partial charge in [0.1, 0.15) is 12.8 Å². The number of hydrogen-bond donors (Lipinski definition) is 0. The predicted molar refractivity (Wildman–Crippen MR) is 80.2 cm³/mol. The molecule has 0 bridgehead atoms. The molecule has 1 aliphatic rings. The molecule has 1 aromatic rings. The summed E-state index contributed by atoms with van der Waals surface area (Å²) in [6, 6.07) is 5.09. The first-order chi connectivity index (χ1) is 10.5. The van der Waals surface area contributed by atoms with Gasteiger partial charge in [0, 0.05) is 5.56 Å². The van der Waals surface area contributed by atoms with Gasteiger partial charge in [-0.2, -0.15) is 5.26 Å². The highest BCUT2D eigenvalue weighted by molar-refractivity contribution is 6.02. The Morgan fingerprint density at radius 1 is 1.50 bits per heavy atom. The van der Waals surface area contributed by atoms with Crippen LogP contribution in [0.1, 0.15) is 31.1 Å². The third-order valence-corrected chi connectivity index (χ3v) is 3.37. The number of carbonyl (C=O) groups is 2. The molecule has 0 saturated carbocycles. The lowest BCUT2D eigenvalue weighted by molar-refractivity contribution is -0.128. The Kier molecular flexibility index (Phi) is 4.66.